The molecule has 0 fully saturated rings. The van der Waals surface area contributed by atoms with Crippen molar-refractivity contribution in [1.82, 2.24) is 4.90 Å². The largest absolute Gasteiger partial charge is 0.495 e. The Hall–Kier alpha value is -3.39. The number of hydrogen-bond acceptors (Lipinski definition) is 6. The molecule has 8 nitrogen and oxygen atoms in total. The van der Waals surface area contributed by atoms with Crippen molar-refractivity contribution in [3.8, 4) is 5.75 Å². The van der Waals surface area contributed by atoms with Gasteiger partial charge in [-0.1, -0.05) is 24.3 Å². The van der Waals surface area contributed by atoms with Gasteiger partial charge in [0.15, 0.2) is 0 Å². The van der Waals surface area contributed by atoms with E-state index in [1.165, 1.54) is 21.1 Å². The summed E-state index contributed by atoms with van der Waals surface area (Å²) < 4.78 is 10.3. The summed E-state index contributed by atoms with van der Waals surface area (Å²) in [5.41, 5.74) is 3.13. The number of nitrogens with zero attached hydrogens (tertiary/aromatic N) is 1. The molecule has 30 heavy (non-hydrogen) atoms. The summed E-state index contributed by atoms with van der Waals surface area (Å²) in [5, 5.41) is 5.49. The maximum Gasteiger partial charge on any atom is 0.323 e. The maximum absolute atomic E-state index is 12.8. The molecule has 1 heterocycles. The third kappa shape index (κ3) is 4.96. The Morgan fingerprint density at radius 1 is 1.07 bits per heavy atom. The van der Waals surface area contributed by atoms with Gasteiger partial charge in [-0.2, -0.15) is 0 Å². The van der Waals surface area contributed by atoms with Gasteiger partial charge >= 0.3 is 5.97 Å². The second-order valence-electron chi connectivity index (χ2n) is 7.06. The second kappa shape index (κ2) is 9.41. The number of benzene rings is 2. The van der Waals surface area contributed by atoms with Gasteiger partial charge in [-0.15, -0.1) is 0 Å². The van der Waals surface area contributed by atoms with Gasteiger partial charge in [0, 0.05) is 19.2 Å². The van der Waals surface area contributed by atoms with Crippen molar-refractivity contribution in [1.29, 1.82) is 0 Å². The minimum atomic E-state index is -0.539. The summed E-state index contributed by atoms with van der Waals surface area (Å²) in [4.78, 5) is 38.2. The zero-order chi connectivity index (χ0) is 21.7. The Kier molecular flexibility index (Phi) is 6.68. The van der Waals surface area contributed by atoms with E-state index in [4.69, 9.17) is 9.47 Å². The van der Waals surface area contributed by atoms with E-state index < -0.39 is 6.04 Å². The summed E-state index contributed by atoms with van der Waals surface area (Å²) in [6, 6.07) is 12.3. The molecule has 1 aliphatic heterocycles. The van der Waals surface area contributed by atoms with E-state index in [-0.39, 0.29) is 24.3 Å². The Morgan fingerprint density at radius 2 is 1.80 bits per heavy atom. The average Bonchev–Trinajstić information content (AvgIpc) is 2.72. The van der Waals surface area contributed by atoms with Gasteiger partial charge in [-0.3, -0.25) is 19.3 Å². The standard InChI is InChI=1S/C22H25N3O5/c1-14(26)23-17-8-9-20(29-2)18(11-17)24-21(27)13-25-12-16-7-5-4-6-15(16)10-19(25)22(28)30-3/h4-9,11,19H,10,12-13H2,1-3H3,(H,23,26)(H,24,27)/t19-/m1/s1. The number of carbonyl (C=O) groups excluding carboxylic acids is 3. The fourth-order valence-corrected chi connectivity index (χ4v) is 3.57. The van der Waals surface area contributed by atoms with E-state index in [0.29, 0.717) is 30.1 Å². The van der Waals surface area contributed by atoms with E-state index in [1.807, 2.05) is 24.3 Å². The van der Waals surface area contributed by atoms with Crippen LogP contribution in [0, 0.1) is 0 Å². The molecule has 8 heteroatoms. The molecule has 1 atom stereocenters. The lowest BCUT2D eigenvalue weighted by molar-refractivity contribution is -0.148. The first-order valence-corrected chi connectivity index (χ1v) is 9.55. The van der Waals surface area contributed by atoms with Crippen molar-refractivity contribution < 1.29 is 23.9 Å². The predicted octanol–water partition coefficient (Wildman–Crippen LogP) is 2.19. The number of amides is 2. The molecule has 2 amide bonds. The molecule has 0 aromatic heterocycles. The van der Waals surface area contributed by atoms with Crippen LogP contribution >= 0.6 is 0 Å². The van der Waals surface area contributed by atoms with Crippen LogP contribution < -0.4 is 15.4 Å². The third-order valence-corrected chi connectivity index (χ3v) is 4.96. The van der Waals surface area contributed by atoms with Crippen LogP contribution in [0.25, 0.3) is 0 Å². The molecular formula is C22H25N3O5. The van der Waals surface area contributed by atoms with Crippen LogP contribution in [0.15, 0.2) is 42.5 Å². The number of nitrogens with one attached hydrogen (secondary N) is 2. The van der Waals surface area contributed by atoms with E-state index >= 15 is 0 Å². The van der Waals surface area contributed by atoms with E-state index in [2.05, 4.69) is 10.6 Å². The van der Waals surface area contributed by atoms with Gasteiger partial charge < -0.3 is 20.1 Å². The molecule has 2 aromatic carbocycles. The smallest absolute Gasteiger partial charge is 0.323 e. The summed E-state index contributed by atoms with van der Waals surface area (Å²) in [5.74, 6) is -0.430. The summed E-state index contributed by atoms with van der Waals surface area (Å²) in [6.45, 7) is 1.87. The third-order valence-electron chi connectivity index (χ3n) is 4.96. The minimum absolute atomic E-state index is 0.00161. The van der Waals surface area contributed by atoms with Crippen molar-refractivity contribution in [2.75, 3.05) is 31.4 Å². The van der Waals surface area contributed by atoms with Crippen molar-refractivity contribution >= 4 is 29.2 Å². The van der Waals surface area contributed by atoms with Crippen LogP contribution in [-0.4, -0.2) is 49.5 Å². The quantitative estimate of drug-likeness (QED) is 0.708. The molecule has 0 aliphatic carbocycles. The average molecular weight is 411 g/mol. The highest BCUT2D eigenvalue weighted by Crippen LogP contribution is 2.28. The van der Waals surface area contributed by atoms with Gasteiger partial charge in [0.25, 0.3) is 0 Å². The molecule has 158 valence electrons. The van der Waals surface area contributed by atoms with E-state index in [0.717, 1.165) is 11.1 Å². The molecule has 0 radical (unpaired) electrons. The molecule has 0 saturated heterocycles. The normalized spacial score (nSPS) is 15.6. The van der Waals surface area contributed by atoms with Crippen LogP contribution in [0.4, 0.5) is 11.4 Å². The van der Waals surface area contributed by atoms with Crippen molar-refractivity contribution in [3.05, 3.63) is 53.6 Å². The Balaban J connectivity index is 1.77. The summed E-state index contributed by atoms with van der Waals surface area (Å²) in [7, 11) is 2.84. The highest BCUT2D eigenvalue weighted by Gasteiger charge is 2.33. The molecule has 0 unspecified atom stereocenters. The van der Waals surface area contributed by atoms with Crippen molar-refractivity contribution in [2.24, 2.45) is 0 Å². The zero-order valence-corrected chi connectivity index (χ0v) is 17.2. The first-order chi connectivity index (χ1) is 14.4. The molecular weight excluding hydrogens is 386 g/mol. The lowest BCUT2D eigenvalue weighted by Gasteiger charge is -2.34. The van der Waals surface area contributed by atoms with Crippen LogP contribution in [0.2, 0.25) is 0 Å². The van der Waals surface area contributed by atoms with Crippen molar-refractivity contribution in [2.45, 2.75) is 25.9 Å². The Labute approximate surface area is 175 Å². The van der Waals surface area contributed by atoms with Gasteiger partial charge in [0.1, 0.15) is 11.8 Å². The van der Waals surface area contributed by atoms with E-state index in [1.54, 1.807) is 23.1 Å². The first kappa shape index (κ1) is 21.3. The fraction of sp³-hybridized carbons (Fsp3) is 0.318. The summed E-state index contributed by atoms with van der Waals surface area (Å²) in [6.07, 6.45) is 0.484. The highest BCUT2D eigenvalue weighted by molar-refractivity contribution is 5.96. The first-order valence-electron chi connectivity index (χ1n) is 9.55. The molecule has 0 spiro atoms. The number of carbonyl (C=O) groups is 3. The zero-order valence-electron chi connectivity index (χ0n) is 17.2. The van der Waals surface area contributed by atoms with Crippen LogP contribution in [0.3, 0.4) is 0 Å². The molecule has 0 bridgehead atoms. The number of ether oxygens (including phenoxy) is 2. The number of methoxy groups -OCH3 is 2. The monoisotopic (exact) mass is 411 g/mol. The van der Waals surface area contributed by atoms with Crippen molar-refractivity contribution in [3.63, 3.8) is 0 Å². The Bertz CT molecular complexity index is 960. The number of esters is 1. The Morgan fingerprint density at radius 3 is 2.47 bits per heavy atom. The van der Waals surface area contributed by atoms with Gasteiger partial charge in [0.05, 0.1) is 26.5 Å². The van der Waals surface area contributed by atoms with Gasteiger partial charge in [0.2, 0.25) is 11.8 Å². The predicted molar refractivity (Wildman–Crippen MR) is 112 cm³/mol. The molecule has 3 rings (SSSR count). The van der Waals surface area contributed by atoms with E-state index in [9.17, 15) is 14.4 Å². The molecule has 2 aromatic rings. The maximum atomic E-state index is 12.8. The number of hydrogen-bond donors (Lipinski definition) is 2. The summed E-state index contributed by atoms with van der Waals surface area (Å²) >= 11 is 0. The van der Waals surface area contributed by atoms with Crippen LogP contribution in [0.1, 0.15) is 18.1 Å². The minimum Gasteiger partial charge on any atom is -0.495 e. The molecule has 1 aliphatic rings. The van der Waals surface area contributed by atoms with Crippen LogP contribution in [0.5, 0.6) is 5.75 Å². The highest BCUT2D eigenvalue weighted by atomic mass is 16.5. The topological polar surface area (TPSA) is 97.0 Å². The number of anilines is 2. The molecule has 0 saturated carbocycles. The second-order valence-corrected chi connectivity index (χ2v) is 7.06. The number of fused-ring (bicyclic) bond motifs is 1. The lowest BCUT2D eigenvalue weighted by atomic mass is 9.94. The number of rotatable bonds is 6. The van der Waals surface area contributed by atoms with Crippen LogP contribution in [-0.2, 0) is 32.1 Å². The molecule has 2 N–H and O–H groups in total. The fourth-order valence-electron chi connectivity index (χ4n) is 3.57. The SMILES string of the molecule is COC(=O)[C@H]1Cc2ccccc2CN1CC(=O)Nc1cc(NC(C)=O)ccc1OC. The van der Waals surface area contributed by atoms with Gasteiger partial charge in [-0.05, 0) is 35.7 Å². The van der Waals surface area contributed by atoms with Gasteiger partial charge in [-0.25, -0.2) is 0 Å². The lowest BCUT2D eigenvalue weighted by Crippen LogP contribution is -2.49.